The number of nitrogens with zero attached hydrogens (tertiary/aromatic N) is 2. The van der Waals surface area contributed by atoms with Crippen LogP contribution in [0.15, 0.2) is 16.7 Å². The highest BCUT2D eigenvalue weighted by atomic mass is 35.5. The van der Waals surface area contributed by atoms with Crippen LogP contribution in [0, 0.1) is 0 Å². The second kappa shape index (κ2) is 3.05. The molecule has 2 heterocycles. The van der Waals surface area contributed by atoms with E-state index < -0.39 is 0 Å². The SMILES string of the molecule is Clc1noc(-c2ccc(Cl)s2)n1. The van der Waals surface area contributed by atoms with E-state index in [1.165, 1.54) is 11.3 Å². The molecule has 0 N–H and O–H groups in total. The quantitative estimate of drug-likeness (QED) is 0.742. The van der Waals surface area contributed by atoms with Gasteiger partial charge < -0.3 is 4.52 Å². The number of rotatable bonds is 1. The Balaban J connectivity index is 2.43. The van der Waals surface area contributed by atoms with E-state index in [2.05, 4.69) is 10.1 Å². The first-order valence-electron chi connectivity index (χ1n) is 3.00. The van der Waals surface area contributed by atoms with Crippen molar-refractivity contribution in [1.29, 1.82) is 0 Å². The van der Waals surface area contributed by atoms with Gasteiger partial charge in [0.1, 0.15) is 0 Å². The van der Waals surface area contributed by atoms with Gasteiger partial charge in [-0.25, -0.2) is 0 Å². The highest BCUT2D eigenvalue weighted by Crippen LogP contribution is 2.29. The summed E-state index contributed by atoms with van der Waals surface area (Å²) in [5.74, 6) is 0.400. The van der Waals surface area contributed by atoms with Crippen LogP contribution in [0.5, 0.6) is 0 Å². The molecule has 0 unspecified atom stereocenters. The molecular formula is C6H2Cl2N2OS. The average molecular weight is 221 g/mol. The maximum absolute atomic E-state index is 5.71. The monoisotopic (exact) mass is 220 g/mol. The minimum absolute atomic E-state index is 0.106. The third kappa shape index (κ3) is 1.46. The zero-order valence-electron chi connectivity index (χ0n) is 5.62. The van der Waals surface area contributed by atoms with E-state index in [1.807, 2.05) is 0 Å². The van der Waals surface area contributed by atoms with Gasteiger partial charge in [-0.3, -0.25) is 0 Å². The molecule has 62 valence electrons. The van der Waals surface area contributed by atoms with Gasteiger partial charge in [0.15, 0.2) is 0 Å². The van der Waals surface area contributed by atoms with Gasteiger partial charge >= 0.3 is 0 Å². The number of aromatic nitrogens is 2. The molecule has 0 radical (unpaired) electrons. The van der Waals surface area contributed by atoms with Crippen LogP contribution in [0.1, 0.15) is 0 Å². The van der Waals surface area contributed by atoms with E-state index >= 15 is 0 Å². The molecule has 0 saturated heterocycles. The standard InChI is InChI=1S/C6H2Cl2N2OS/c7-4-2-1-3(12-4)5-9-6(8)10-11-5/h1-2H. The van der Waals surface area contributed by atoms with Crippen LogP contribution in [0.2, 0.25) is 9.62 Å². The molecular weight excluding hydrogens is 219 g/mol. The van der Waals surface area contributed by atoms with Crippen molar-refractivity contribution < 1.29 is 4.52 Å². The minimum Gasteiger partial charge on any atom is -0.332 e. The highest BCUT2D eigenvalue weighted by molar-refractivity contribution is 7.19. The molecule has 3 nitrogen and oxygen atoms in total. The third-order valence-corrected chi connectivity index (χ3v) is 2.56. The Hall–Kier alpha value is -0.580. The van der Waals surface area contributed by atoms with E-state index in [0.29, 0.717) is 10.2 Å². The Morgan fingerprint density at radius 2 is 2.17 bits per heavy atom. The van der Waals surface area contributed by atoms with Crippen LogP contribution in [-0.4, -0.2) is 10.1 Å². The molecule has 6 heteroatoms. The van der Waals surface area contributed by atoms with E-state index in [1.54, 1.807) is 12.1 Å². The van der Waals surface area contributed by atoms with Crippen LogP contribution in [-0.2, 0) is 0 Å². The van der Waals surface area contributed by atoms with E-state index in [-0.39, 0.29) is 5.28 Å². The summed E-state index contributed by atoms with van der Waals surface area (Å²) >= 11 is 12.6. The highest BCUT2D eigenvalue weighted by Gasteiger charge is 2.08. The Labute approximate surface area is 81.9 Å². The normalized spacial score (nSPS) is 10.5. The summed E-state index contributed by atoms with van der Waals surface area (Å²) in [5, 5.41) is 3.55. The zero-order chi connectivity index (χ0) is 8.55. The molecule has 0 spiro atoms. The van der Waals surface area contributed by atoms with Gasteiger partial charge in [0.25, 0.3) is 11.2 Å². The number of thiophene rings is 1. The molecule has 0 aromatic carbocycles. The van der Waals surface area contributed by atoms with Crippen molar-refractivity contribution in [3.8, 4) is 10.8 Å². The molecule has 0 atom stereocenters. The number of hydrogen-bond donors (Lipinski definition) is 0. The molecule has 0 aliphatic carbocycles. The summed E-state index contributed by atoms with van der Waals surface area (Å²) in [5.41, 5.74) is 0. The molecule has 0 saturated carbocycles. The average Bonchev–Trinajstić information content (AvgIpc) is 2.58. The molecule has 2 rings (SSSR count). The molecule has 0 fully saturated rings. The van der Waals surface area contributed by atoms with Crippen LogP contribution < -0.4 is 0 Å². The van der Waals surface area contributed by atoms with Crippen molar-refractivity contribution in [2.45, 2.75) is 0 Å². The van der Waals surface area contributed by atoms with Crippen molar-refractivity contribution in [2.24, 2.45) is 0 Å². The van der Waals surface area contributed by atoms with Crippen molar-refractivity contribution in [2.75, 3.05) is 0 Å². The lowest BCUT2D eigenvalue weighted by atomic mass is 10.5. The molecule has 2 aromatic rings. The first kappa shape index (κ1) is 8.04. The second-order valence-corrected chi connectivity index (χ2v) is 4.03. The predicted octanol–water partition coefficient (Wildman–Crippen LogP) is 3.10. The summed E-state index contributed by atoms with van der Waals surface area (Å²) in [7, 11) is 0. The fraction of sp³-hybridized carbons (Fsp3) is 0. The molecule has 0 aliphatic rings. The molecule has 0 bridgehead atoms. The lowest BCUT2D eigenvalue weighted by molar-refractivity contribution is 0.431. The fourth-order valence-electron chi connectivity index (χ4n) is 0.735. The first-order valence-corrected chi connectivity index (χ1v) is 4.58. The summed E-state index contributed by atoms with van der Waals surface area (Å²) in [4.78, 5) is 4.65. The largest absolute Gasteiger partial charge is 0.332 e. The Bertz CT molecular complexity index is 359. The summed E-state index contributed by atoms with van der Waals surface area (Å²) in [6.07, 6.45) is 0. The third-order valence-electron chi connectivity index (χ3n) is 1.19. The number of halogens is 2. The van der Waals surface area contributed by atoms with Gasteiger partial charge in [-0.1, -0.05) is 11.6 Å². The van der Waals surface area contributed by atoms with Gasteiger partial charge in [0.05, 0.1) is 9.21 Å². The van der Waals surface area contributed by atoms with Crippen LogP contribution in [0.3, 0.4) is 0 Å². The maximum Gasteiger partial charge on any atom is 0.269 e. The minimum atomic E-state index is 0.106. The van der Waals surface area contributed by atoms with Crippen LogP contribution in [0.4, 0.5) is 0 Å². The fourth-order valence-corrected chi connectivity index (χ4v) is 1.81. The Morgan fingerprint density at radius 3 is 2.67 bits per heavy atom. The molecule has 2 aromatic heterocycles. The van der Waals surface area contributed by atoms with E-state index in [0.717, 1.165) is 4.88 Å². The zero-order valence-corrected chi connectivity index (χ0v) is 7.95. The molecule has 0 amide bonds. The summed E-state index contributed by atoms with van der Waals surface area (Å²) in [6.45, 7) is 0. The van der Waals surface area contributed by atoms with Gasteiger partial charge in [-0.2, -0.15) is 4.98 Å². The van der Waals surface area contributed by atoms with Crippen molar-refractivity contribution in [3.63, 3.8) is 0 Å². The maximum atomic E-state index is 5.71. The Morgan fingerprint density at radius 1 is 1.33 bits per heavy atom. The molecule has 0 aliphatic heterocycles. The van der Waals surface area contributed by atoms with Crippen molar-refractivity contribution in [1.82, 2.24) is 10.1 Å². The van der Waals surface area contributed by atoms with Gasteiger partial charge in [0, 0.05) is 0 Å². The van der Waals surface area contributed by atoms with Crippen molar-refractivity contribution in [3.05, 3.63) is 21.8 Å². The van der Waals surface area contributed by atoms with E-state index in [9.17, 15) is 0 Å². The lowest BCUT2D eigenvalue weighted by Crippen LogP contribution is -1.67. The van der Waals surface area contributed by atoms with Crippen LogP contribution in [0.25, 0.3) is 10.8 Å². The van der Waals surface area contributed by atoms with Crippen LogP contribution >= 0.6 is 34.5 Å². The van der Waals surface area contributed by atoms with Gasteiger partial charge in [-0.15, -0.1) is 11.3 Å². The van der Waals surface area contributed by atoms with Crippen molar-refractivity contribution >= 4 is 34.5 Å². The lowest BCUT2D eigenvalue weighted by Gasteiger charge is -1.81. The topological polar surface area (TPSA) is 38.9 Å². The number of hydrogen-bond acceptors (Lipinski definition) is 4. The summed E-state index contributed by atoms with van der Waals surface area (Å²) in [6, 6.07) is 3.57. The predicted molar refractivity (Wildman–Crippen MR) is 47.6 cm³/mol. The summed E-state index contributed by atoms with van der Waals surface area (Å²) < 4.78 is 5.50. The van der Waals surface area contributed by atoms with E-state index in [4.69, 9.17) is 27.7 Å². The first-order chi connectivity index (χ1) is 5.75. The van der Waals surface area contributed by atoms with Gasteiger partial charge in [0.2, 0.25) is 0 Å². The smallest absolute Gasteiger partial charge is 0.269 e. The van der Waals surface area contributed by atoms with Gasteiger partial charge in [-0.05, 0) is 28.9 Å². The molecule has 12 heavy (non-hydrogen) atoms. The second-order valence-electron chi connectivity index (χ2n) is 1.97. The Kier molecular flexibility index (Phi) is 2.04.